The molecule has 3 rings (SSSR count). The fraction of sp³-hybridized carbons (Fsp3) is 0. The molecule has 0 unspecified atom stereocenters. The van der Waals surface area contributed by atoms with Crippen LogP contribution in [0.3, 0.4) is 0 Å². The molecule has 0 N–H and O–H groups in total. The van der Waals surface area contributed by atoms with Crippen molar-refractivity contribution in [2.75, 3.05) is 0 Å². The van der Waals surface area contributed by atoms with Crippen LogP contribution in [0.1, 0.15) is 16.1 Å². The average molecular weight is 327 g/mol. The molecule has 0 saturated carbocycles. The van der Waals surface area contributed by atoms with Crippen LogP contribution in [-0.2, 0) is 0 Å². The van der Waals surface area contributed by atoms with E-state index in [4.69, 9.17) is 0 Å². The van der Waals surface area contributed by atoms with Crippen LogP contribution in [0, 0.1) is 11.6 Å². The van der Waals surface area contributed by atoms with Gasteiger partial charge in [0.05, 0.1) is 5.69 Å². The van der Waals surface area contributed by atoms with Crippen LogP contribution < -0.4 is 0 Å². The molecule has 3 aromatic rings. The molecular weight excluding hydrogens is 316 g/mol. The molecule has 0 spiro atoms. The molecule has 1 aromatic heterocycles. The fourth-order valence-corrected chi connectivity index (χ4v) is 2.78. The van der Waals surface area contributed by atoms with Gasteiger partial charge in [-0.25, -0.2) is 13.8 Å². The Hall–Kier alpha value is -2.66. The van der Waals surface area contributed by atoms with Crippen molar-refractivity contribution in [1.29, 1.82) is 0 Å². The summed E-state index contributed by atoms with van der Waals surface area (Å²) in [4.78, 5) is 16.3. The van der Waals surface area contributed by atoms with Crippen molar-refractivity contribution >= 4 is 23.2 Å². The maximum atomic E-state index is 13.1. The summed E-state index contributed by atoms with van der Waals surface area (Å²) in [6.45, 7) is 0. The number of nitrogens with zero attached hydrogens (tertiary/aromatic N) is 1. The Morgan fingerprint density at radius 2 is 1.83 bits per heavy atom. The Morgan fingerprint density at radius 3 is 2.57 bits per heavy atom. The summed E-state index contributed by atoms with van der Waals surface area (Å²) in [7, 11) is 0. The summed E-state index contributed by atoms with van der Waals surface area (Å²) < 4.78 is 26.0. The molecule has 2 nitrogen and oxygen atoms in total. The zero-order valence-electron chi connectivity index (χ0n) is 11.9. The van der Waals surface area contributed by atoms with Gasteiger partial charge in [-0.2, -0.15) is 0 Å². The molecule has 2 aromatic carbocycles. The molecule has 0 amide bonds. The molecular formula is C18H11F2NOS. The number of benzene rings is 2. The number of aromatic nitrogens is 1. The number of halogens is 2. The monoisotopic (exact) mass is 327 g/mol. The number of ketones is 1. The normalized spacial score (nSPS) is 11.0. The third-order valence-corrected chi connectivity index (χ3v) is 4.04. The molecule has 0 aliphatic heterocycles. The van der Waals surface area contributed by atoms with Crippen LogP contribution in [0.15, 0.2) is 60.0 Å². The largest absolute Gasteiger partial charge is 0.289 e. The number of allylic oxidation sites excluding steroid dienone is 1. The highest BCUT2D eigenvalue weighted by Crippen LogP contribution is 2.24. The first-order valence-electron chi connectivity index (χ1n) is 6.81. The maximum Gasteiger partial charge on any atom is 0.186 e. The second kappa shape index (κ2) is 6.62. The molecule has 0 aliphatic rings. The first-order valence-corrected chi connectivity index (χ1v) is 7.69. The van der Waals surface area contributed by atoms with Gasteiger partial charge in [-0.3, -0.25) is 4.79 Å². The Balaban J connectivity index is 1.76. The van der Waals surface area contributed by atoms with Crippen molar-refractivity contribution in [3.63, 3.8) is 0 Å². The van der Waals surface area contributed by atoms with Gasteiger partial charge in [-0.05, 0) is 48.6 Å². The van der Waals surface area contributed by atoms with E-state index in [-0.39, 0.29) is 17.2 Å². The van der Waals surface area contributed by atoms with E-state index in [0.29, 0.717) is 5.69 Å². The van der Waals surface area contributed by atoms with E-state index < -0.39 is 5.82 Å². The molecule has 0 atom stereocenters. The topological polar surface area (TPSA) is 30.0 Å². The lowest BCUT2D eigenvalue weighted by Gasteiger charge is -1.95. The number of thiazole rings is 1. The van der Waals surface area contributed by atoms with Crippen LogP contribution in [0.5, 0.6) is 0 Å². The molecule has 0 aliphatic carbocycles. The molecule has 0 radical (unpaired) electrons. The van der Waals surface area contributed by atoms with Gasteiger partial charge in [-0.15, -0.1) is 11.3 Å². The first kappa shape index (κ1) is 15.2. The van der Waals surface area contributed by atoms with Crippen LogP contribution in [0.2, 0.25) is 0 Å². The van der Waals surface area contributed by atoms with Gasteiger partial charge in [0, 0.05) is 16.5 Å². The highest BCUT2D eigenvalue weighted by molar-refractivity contribution is 7.13. The van der Waals surface area contributed by atoms with Gasteiger partial charge in [0.15, 0.2) is 5.78 Å². The van der Waals surface area contributed by atoms with Crippen LogP contribution in [0.25, 0.3) is 16.6 Å². The maximum absolute atomic E-state index is 13.1. The minimum Gasteiger partial charge on any atom is -0.289 e. The summed E-state index contributed by atoms with van der Waals surface area (Å²) in [6, 6.07) is 11.6. The standard InChI is InChI=1S/C18H11F2NOS/c19-14-6-4-12(5-7-14)18-21-16(11-23-18)8-9-17(22)13-2-1-3-15(20)10-13/h1-11H/b9-8+. The van der Waals surface area contributed by atoms with Crippen molar-refractivity contribution in [2.45, 2.75) is 0 Å². The van der Waals surface area contributed by atoms with Crippen molar-refractivity contribution < 1.29 is 13.6 Å². The van der Waals surface area contributed by atoms with Crippen molar-refractivity contribution in [2.24, 2.45) is 0 Å². The minimum atomic E-state index is -0.448. The van der Waals surface area contributed by atoms with E-state index in [1.54, 1.807) is 29.7 Å². The van der Waals surface area contributed by atoms with Gasteiger partial charge >= 0.3 is 0 Å². The lowest BCUT2D eigenvalue weighted by atomic mass is 10.1. The first-order chi connectivity index (χ1) is 11.1. The summed E-state index contributed by atoms with van der Waals surface area (Å²) in [5, 5.41) is 2.54. The van der Waals surface area contributed by atoms with Crippen LogP contribution in [0.4, 0.5) is 8.78 Å². The third kappa shape index (κ3) is 3.76. The van der Waals surface area contributed by atoms with E-state index in [1.807, 2.05) is 0 Å². The van der Waals surface area contributed by atoms with E-state index in [1.165, 1.54) is 47.7 Å². The van der Waals surface area contributed by atoms with Crippen LogP contribution >= 0.6 is 11.3 Å². The van der Waals surface area contributed by atoms with Gasteiger partial charge in [0.1, 0.15) is 16.6 Å². The van der Waals surface area contributed by atoms with E-state index >= 15 is 0 Å². The zero-order valence-corrected chi connectivity index (χ0v) is 12.7. The van der Waals surface area contributed by atoms with Gasteiger partial charge < -0.3 is 0 Å². The lowest BCUT2D eigenvalue weighted by molar-refractivity contribution is 0.104. The highest BCUT2D eigenvalue weighted by Gasteiger charge is 2.05. The Bertz CT molecular complexity index is 869. The predicted molar refractivity (Wildman–Crippen MR) is 87.3 cm³/mol. The second-order valence-corrected chi connectivity index (χ2v) is 5.65. The molecule has 0 saturated heterocycles. The molecule has 0 fully saturated rings. The number of hydrogen-bond acceptors (Lipinski definition) is 3. The Labute approximate surface area is 135 Å². The molecule has 114 valence electrons. The predicted octanol–water partition coefficient (Wildman–Crippen LogP) is 4.98. The van der Waals surface area contributed by atoms with Gasteiger partial charge in [0.25, 0.3) is 0 Å². The van der Waals surface area contributed by atoms with E-state index in [2.05, 4.69) is 4.98 Å². The smallest absolute Gasteiger partial charge is 0.186 e. The fourth-order valence-electron chi connectivity index (χ4n) is 1.99. The summed E-state index contributed by atoms with van der Waals surface area (Å²) >= 11 is 1.40. The van der Waals surface area contributed by atoms with E-state index in [0.717, 1.165) is 10.6 Å². The lowest BCUT2D eigenvalue weighted by Crippen LogP contribution is -1.94. The Morgan fingerprint density at radius 1 is 1.04 bits per heavy atom. The van der Waals surface area contributed by atoms with Crippen molar-refractivity contribution in [3.05, 3.63) is 82.9 Å². The van der Waals surface area contributed by atoms with Gasteiger partial charge in [0.2, 0.25) is 0 Å². The molecule has 1 heterocycles. The quantitative estimate of drug-likeness (QED) is 0.499. The highest BCUT2D eigenvalue weighted by atomic mass is 32.1. The van der Waals surface area contributed by atoms with E-state index in [9.17, 15) is 13.6 Å². The van der Waals surface area contributed by atoms with Crippen molar-refractivity contribution in [1.82, 2.24) is 4.98 Å². The van der Waals surface area contributed by atoms with Gasteiger partial charge in [-0.1, -0.05) is 12.1 Å². The number of carbonyl (C=O) groups is 1. The van der Waals surface area contributed by atoms with Crippen molar-refractivity contribution in [3.8, 4) is 10.6 Å². The molecule has 5 heteroatoms. The Kier molecular flexibility index (Phi) is 4.39. The average Bonchev–Trinajstić information content (AvgIpc) is 3.02. The minimum absolute atomic E-state index is 0.287. The molecule has 23 heavy (non-hydrogen) atoms. The zero-order chi connectivity index (χ0) is 16.2. The number of hydrogen-bond donors (Lipinski definition) is 0. The third-order valence-electron chi connectivity index (χ3n) is 3.13. The number of carbonyl (C=O) groups excluding carboxylic acids is 1. The SMILES string of the molecule is O=C(/C=C/c1csc(-c2ccc(F)cc2)n1)c1cccc(F)c1. The summed E-state index contributed by atoms with van der Waals surface area (Å²) in [5.74, 6) is -1.04. The number of rotatable bonds is 4. The summed E-state index contributed by atoms with van der Waals surface area (Å²) in [6.07, 6.45) is 2.94. The summed E-state index contributed by atoms with van der Waals surface area (Å²) in [5.41, 5.74) is 1.72. The van der Waals surface area contributed by atoms with Crippen LogP contribution in [-0.4, -0.2) is 10.8 Å². The molecule has 0 bridgehead atoms. The second-order valence-electron chi connectivity index (χ2n) is 4.79.